The Labute approximate surface area is 196 Å². The van der Waals surface area contributed by atoms with Crippen molar-refractivity contribution in [3.05, 3.63) is 87.2 Å². The summed E-state index contributed by atoms with van der Waals surface area (Å²) in [6, 6.07) is 15.5. The zero-order chi connectivity index (χ0) is 23.8. The van der Waals surface area contributed by atoms with E-state index in [0.29, 0.717) is 16.6 Å². The molecule has 1 N–H and O–H groups in total. The van der Waals surface area contributed by atoms with Crippen LogP contribution in [-0.4, -0.2) is 30.1 Å². The number of carbonyl (C=O) groups is 1. The van der Waals surface area contributed by atoms with Crippen LogP contribution >= 0.6 is 11.3 Å². The molecule has 0 spiro atoms. The molecular formula is C25H24FNO4S2. The molecule has 0 aliphatic rings. The molecule has 0 unspecified atom stereocenters. The molecule has 2 heterocycles. The lowest BCUT2D eigenvalue weighted by Gasteiger charge is -2.13. The van der Waals surface area contributed by atoms with Crippen molar-refractivity contribution in [2.75, 3.05) is 6.67 Å². The first-order chi connectivity index (χ1) is 15.7. The maximum Gasteiger partial charge on any atom is 0.345 e. The van der Waals surface area contributed by atoms with Gasteiger partial charge in [0.15, 0.2) is 0 Å². The van der Waals surface area contributed by atoms with Crippen molar-refractivity contribution in [3.8, 4) is 0 Å². The van der Waals surface area contributed by atoms with Crippen molar-refractivity contribution in [1.29, 1.82) is 0 Å². The van der Waals surface area contributed by atoms with Gasteiger partial charge in [-0.3, -0.25) is 4.39 Å². The summed E-state index contributed by atoms with van der Waals surface area (Å²) in [5.41, 5.74) is 3.58. The Morgan fingerprint density at radius 3 is 2.39 bits per heavy atom. The zero-order valence-corrected chi connectivity index (χ0v) is 19.9. The van der Waals surface area contributed by atoms with Crippen molar-refractivity contribution >= 4 is 38.2 Å². The molecule has 33 heavy (non-hydrogen) atoms. The van der Waals surface area contributed by atoms with Crippen LogP contribution in [0.4, 0.5) is 4.39 Å². The third-order valence-electron chi connectivity index (χ3n) is 5.61. The van der Waals surface area contributed by atoms with Crippen LogP contribution < -0.4 is 0 Å². The molecule has 0 aliphatic carbocycles. The fourth-order valence-electron chi connectivity index (χ4n) is 3.89. The normalized spacial score (nSPS) is 12.0. The Hall–Kier alpha value is -2.97. The third-order valence-corrected chi connectivity index (χ3v) is 8.36. The molecule has 0 saturated carbocycles. The van der Waals surface area contributed by atoms with Crippen molar-refractivity contribution < 1.29 is 22.7 Å². The van der Waals surface area contributed by atoms with Crippen LogP contribution in [0.2, 0.25) is 0 Å². The second-order valence-corrected chi connectivity index (χ2v) is 11.0. The monoisotopic (exact) mass is 485 g/mol. The number of aromatic carboxylic acids is 1. The smallest absolute Gasteiger partial charge is 0.345 e. The van der Waals surface area contributed by atoms with Gasteiger partial charge in [-0.25, -0.2) is 17.2 Å². The van der Waals surface area contributed by atoms with Gasteiger partial charge in [-0.1, -0.05) is 32.0 Å². The second-order valence-electron chi connectivity index (χ2n) is 8.26. The molecule has 0 radical (unpaired) electrons. The highest BCUT2D eigenvalue weighted by Crippen LogP contribution is 2.30. The number of fused-ring (bicyclic) bond motifs is 1. The van der Waals surface area contributed by atoms with Crippen LogP contribution in [-0.2, 0) is 22.9 Å². The van der Waals surface area contributed by atoms with Gasteiger partial charge in [0.25, 0.3) is 10.0 Å². The van der Waals surface area contributed by atoms with E-state index in [-0.39, 0.29) is 28.5 Å². The lowest BCUT2D eigenvalue weighted by atomic mass is 10.0. The number of hydrogen-bond donors (Lipinski definition) is 1. The van der Waals surface area contributed by atoms with Gasteiger partial charge in [-0.05, 0) is 64.4 Å². The van der Waals surface area contributed by atoms with Crippen LogP contribution in [0.1, 0.15) is 51.8 Å². The molecule has 0 aliphatic heterocycles. The predicted molar refractivity (Wildman–Crippen MR) is 129 cm³/mol. The number of thiophene rings is 1. The Kier molecular flexibility index (Phi) is 6.41. The van der Waals surface area contributed by atoms with Crippen LogP contribution in [0.3, 0.4) is 0 Å². The summed E-state index contributed by atoms with van der Waals surface area (Å²) in [5.74, 6) is -0.735. The van der Waals surface area contributed by atoms with E-state index in [1.54, 1.807) is 41.8 Å². The van der Waals surface area contributed by atoms with Gasteiger partial charge in [0.05, 0.1) is 17.1 Å². The van der Waals surface area contributed by atoms with Crippen LogP contribution in [0.15, 0.2) is 64.9 Å². The van der Waals surface area contributed by atoms with Crippen molar-refractivity contribution in [2.45, 2.75) is 37.5 Å². The lowest BCUT2D eigenvalue weighted by molar-refractivity contribution is 0.0702. The van der Waals surface area contributed by atoms with Gasteiger partial charge in [-0.2, -0.15) is 0 Å². The molecule has 4 rings (SSSR count). The Morgan fingerprint density at radius 2 is 1.79 bits per heavy atom. The lowest BCUT2D eigenvalue weighted by Crippen LogP contribution is -2.16. The van der Waals surface area contributed by atoms with E-state index in [2.05, 4.69) is 0 Å². The highest BCUT2D eigenvalue weighted by atomic mass is 32.2. The molecule has 0 fully saturated rings. The zero-order valence-electron chi connectivity index (χ0n) is 18.3. The summed E-state index contributed by atoms with van der Waals surface area (Å²) < 4.78 is 41.7. The van der Waals surface area contributed by atoms with Crippen LogP contribution in [0.5, 0.6) is 0 Å². The molecule has 0 atom stereocenters. The van der Waals surface area contributed by atoms with E-state index in [0.717, 1.165) is 28.0 Å². The summed E-state index contributed by atoms with van der Waals surface area (Å²) in [7, 11) is -3.92. The summed E-state index contributed by atoms with van der Waals surface area (Å²) in [4.78, 5) is 11.6. The molecule has 8 heteroatoms. The molecule has 2 aromatic heterocycles. The predicted octanol–water partition coefficient (Wildman–Crippen LogP) is 5.86. The Morgan fingerprint density at radius 1 is 1.06 bits per heavy atom. The fraction of sp³-hybridized carbons (Fsp3) is 0.240. The maximum atomic E-state index is 13.7. The first kappa shape index (κ1) is 23.2. The summed E-state index contributed by atoms with van der Waals surface area (Å²) >= 11 is 1.11. The molecule has 4 aromatic rings. The average molecular weight is 486 g/mol. The van der Waals surface area contributed by atoms with E-state index in [9.17, 15) is 22.7 Å². The van der Waals surface area contributed by atoms with E-state index < -0.39 is 22.7 Å². The van der Waals surface area contributed by atoms with Gasteiger partial charge in [0.2, 0.25) is 0 Å². The highest BCUT2D eigenvalue weighted by Gasteiger charge is 2.24. The van der Waals surface area contributed by atoms with Crippen molar-refractivity contribution in [2.24, 2.45) is 0 Å². The number of carboxylic acid groups (broad SMARTS) is 1. The van der Waals surface area contributed by atoms with E-state index in [4.69, 9.17) is 0 Å². The van der Waals surface area contributed by atoms with Crippen molar-refractivity contribution in [3.63, 3.8) is 0 Å². The van der Waals surface area contributed by atoms with Gasteiger partial charge < -0.3 is 5.11 Å². The van der Waals surface area contributed by atoms with E-state index in [1.165, 1.54) is 3.97 Å². The summed E-state index contributed by atoms with van der Waals surface area (Å²) in [6.45, 7) is 3.59. The number of nitrogens with zero attached hydrogens (tertiary/aromatic N) is 1. The molecular weight excluding hydrogens is 461 g/mol. The third kappa shape index (κ3) is 4.58. The quantitative estimate of drug-likeness (QED) is 0.339. The number of aromatic nitrogens is 1. The van der Waals surface area contributed by atoms with Gasteiger partial charge in [0.1, 0.15) is 4.88 Å². The van der Waals surface area contributed by atoms with Crippen LogP contribution in [0, 0.1) is 0 Å². The van der Waals surface area contributed by atoms with Crippen molar-refractivity contribution in [1.82, 2.24) is 3.97 Å². The minimum absolute atomic E-state index is 0.176. The van der Waals surface area contributed by atoms with E-state index >= 15 is 0 Å². The number of halogens is 1. The standard InChI is InChI=1S/C25H24FNO4S2/c1-16(2)19-4-6-22(7-5-19)33(30,31)27-21(12-18-13-24(25(28)29)32-15-18)14-20-11-17(9-10-26)3-8-23(20)27/h3-8,11,13-16H,9-10,12H2,1-2H3,(H,28,29). The number of aryl methyl sites for hydroxylation is 1. The van der Waals surface area contributed by atoms with Crippen LogP contribution in [0.25, 0.3) is 10.9 Å². The molecule has 2 aromatic carbocycles. The first-order valence-corrected chi connectivity index (χ1v) is 12.9. The Bertz CT molecular complexity index is 1420. The number of alkyl halides is 1. The van der Waals surface area contributed by atoms with Gasteiger partial charge in [-0.15, -0.1) is 11.3 Å². The molecule has 0 bridgehead atoms. The second kappa shape index (κ2) is 9.11. The summed E-state index contributed by atoms with van der Waals surface area (Å²) in [5, 5.41) is 11.7. The number of rotatable bonds is 8. The fourth-order valence-corrected chi connectivity index (χ4v) is 6.18. The largest absolute Gasteiger partial charge is 0.477 e. The van der Waals surface area contributed by atoms with E-state index in [1.807, 2.05) is 32.0 Å². The number of hydrogen-bond acceptors (Lipinski definition) is 4. The molecule has 0 amide bonds. The highest BCUT2D eigenvalue weighted by molar-refractivity contribution is 7.90. The average Bonchev–Trinajstić information content (AvgIpc) is 3.38. The molecule has 172 valence electrons. The van der Waals surface area contributed by atoms with Gasteiger partial charge >= 0.3 is 5.97 Å². The number of carboxylic acids is 1. The minimum Gasteiger partial charge on any atom is -0.477 e. The number of benzene rings is 2. The maximum absolute atomic E-state index is 13.7. The molecule has 5 nitrogen and oxygen atoms in total. The first-order valence-electron chi connectivity index (χ1n) is 10.6. The van der Waals surface area contributed by atoms with Gasteiger partial charge in [0, 0.05) is 23.9 Å². The Balaban J connectivity index is 1.86. The SMILES string of the molecule is CC(C)c1ccc(S(=O)(=O)n2c(Cc3csc(C(=O)O)c3)cc3cc(CCF)ccc32)cc1. The minimum atomic E-state index is -3.92. The summed E-state index contributed by atoms with van der Waals surface area (Å²) in [6.07, 6.45) is 0.507. The molecule has 0 saturated heterocycles. The topological polar surface area (TPSA) is 76.4 Å².